The number of esters is 1. The second-order valence-corrected chi connectivity index (χ2v) is 3.14. The monoisotopic (exact) mass is 243 g/mol. The van der Waals surface area contributed by atoms with Gasteiger partial charge in [-0.15, -0.1) is 12.4 Å². The van der Waals surface area contributed by atoms with Crippen LogP contribution in [0.5, 0.6) is 0 Å². The number of hydrogen-bond acceptors (Lipinski definition) is 4. The topological polar surface area (TPSA) is 69.4 Å². The molecule has 0 bridgehead atoms. The van der Waals surface area contributed by atoms with Gasteiger partial charge >= 0.3 is 5.97 Å². The van der Waals surface area contributed by atoms with Gasteiger partial charge in [0.25, 0.3) is 0 Å². The van der Waals surface area contributed by atoms with E-state index in [-0.39, 0.29) is 24.8 Å². The summed E-state index contributed by atoms with van der Waals surface area (Å²) in [5.41, 5.74) is 6.10. The molecule has 0 amide bonds. The van der Waals surface area contributed by atoms with Crippen molar-refractivity contribution in [2.75, 3.05) is 6.61 Å². The molecule has 16 heavy (non-hydrogen) atoms. The van der Waals surface area contributed by atoms with Gasteiger partial charge in [0.1, 0.15) is 12.6 Å². The molecule has 0 aliphatic carbocycles. The van der Waals surface area contributed by atoms with Crippen LogP contribution in [0.4, 0.5) is 0 Å². The van der Waals surface area contributed by atoms with Gasteiger partial charge in [0.2, 0.25) is 0 Å². The average molecular weight is 244 g/mol. The fraction of sp³-hybridized carbons (Fsp3) is 0.273. The third-order valence-corrected chi connectivity index (χ3v) is 1.86. The molecule has 1 aromatic rings. The van der Waals surface area contributed by atoms with Crippen molar-refractivity contribution in [1.82, 2.24) is 0 Å². The number of ketones is 1. The molecule has 4 nitrogen and oxygen atoms in total. The first-order valence-corrected chi connectivity index (χ1v) is 4.59. The number of ether oxygens (including phenoxy) is 1. The standard InChI is InChI=1S/C11H13NO3.ClH/c1-8(13)15-7-10(12)11(14)9-5-3-2-4-6-9;/h2-6,10H,7,12H2,1H3;1H/t10-;/m1./s1. The molecule has 1 atom stereocenters. The Balaban J connectivity index is 0.00000225. The molecule has 1 aromatic carbocycles. The van der Waals surface area contributed by atoms with E-state index in [4.69, 9.17) is 5.73 Å². The smallest absolute Gasteiger partial charge is 0.302 e. The van der Waals surface area contributed by atoms with Crippen LogP contribution in [0.2, 0.25) is 0 Å². The normalized spacial score (nSPS) is 11.1. The summed E-state index contributed by atoms with van der Waals surface area (Å²) in [5, 5.41) is 0. The van der Waals surface area contributed by atoms with Crippen LogP contribution < -0.4 is 5.73 Å². The molecule has 0 radical (unpaired) electrons. The predicted molar refractivity (Wildman–Crippen MR) is 62.6 cm³/mol. The van der Waals surface area contributed by atoms with Crippen molar-refractivity contribution in [2.24, 2.45) is 5.73 Å². The summed E-state index contributed by atoms with van der Waals surface area (Å²) in [6.07, 6.45) is 0. The van der Waals surface area contributed by atoms with Gasteiger partial charge in [0.05, 0.1) is 0 Å². The van der Waals surface area contributed by atoms with Crippen LogP contribution in [0.15, 0.2) is 30.3 Å². The van der Waals surface area contributed by atoms with Gasteiger partial charge in [0, 0.05) is 12.5 Å². The van der Waals surface area contributed by atoms with E-state index in [1.165, 1.54) is 6.92 Å². The van der Waals surface area contributed by atoms with E-state index in [2.05, 4.69) is 4.74 Å². The van der Waals surface area contributed by atoms with E-state index >= 15 is 0 Å². The third kappa shape index (κ3) is 4.42. The van der Waals surface area contributed by atoms with Crippen LogP contribution in [0.3, 0.4) is 0 Å². The highest BCUT2D eigenvalue weighted by Gasteiger charge is 2.16. The second kappa shape index (κ2) is 6.98. The maximum atomic E-state index is 11.6. The highest BCUT2D eigenvalue weighted by molar-refractivity contribution is 6.00. The summed E-state index contributed by atoms with van der Waals surface area (Å²) in [6.45, 7) is 1.20. The van der Waals surface area contributed by atoms with Crippen molar-refractivity contribution in [3.63, 3.8) is 0 Å². The van der Waals surface area contributed by atoms with Crippen LogP contribution in [-0.4, -0.2) is 24.4 Å². The molecular weight excluding hydrogens is 230 g/mol. The van der Waals surface area contributed by atoms with E-state index in [1.807, 2.05) is 6.07 Å². The minimum absolute atomic E-state index is 0. The fourth-order valence-corrected chi connectivity index (χ4v) is 1.10. The van der Waals surface area contributed by atoms with Gasteiger partial charge in [-0.3, -0.25) is 9.59 Å². The zero-order valence-corrected chi connectivity index (χ0v) is 9.70. The first-order chi connectivity index (χ1) is 7.11. The largest absolute Gasteiger partial charge is 0.464 e. The summed E-state index contributed by atoms with van der Waals surface area (Å²) < 4.78 is 4.66. The van der Waals surface area contributed by atoms with Gasteiger partial charge < -0.3 is 10.5 Å². The van der Waals surface area contributed by atoms with E-state index in [1.54, 1.807) is 24.3 Å². The Kier molecular flexibility index (Phi) is 6.37. The van der Waals surface area contributed by atoms with Crippen molar-refractivity contribution in [3.05, 3.63) is 35.9 Å². The van der Waals surface area contributed by atoms with Crippen LogP contribution in [0.1, 0.15) is 17.3 Å². The second-order valence-electron chi connectivity index (χ2n) is 3.14. The van der Waals surface area contributed by atoms with E-state index in [0.29, 0.717) is 5.56 Å². The molecule has 0 aliphatic heterocycles. The lowest BCUT2D eigenvalue weighted by molar-refractivity contribution is -0.141. The lowest BCUT2D eigenvalue weighted by atomic mass is 10.1. The van der Waals surface area contributed by atoms with Gasteiger partial charge in [-0.1, -0.05) is 30.3 Å². The Bertz CT molecular complexity index is 354. The zero-order valence-electron chi connectivity index (χ0n) is 8.88. The van der Waals surface area contributed by atoms with E-state index in [9.17, 15) is 9.59 Å². The SMILES string of the molecule is CC(=O)OC[C@@H](N)C(=O)c1ccccc1.Cl. The summed E-state index contributed by atoms with van der Waals surface area (Å²) in [6, 6.07) is 7.88. The molecule has 2 N–H and O–H groups in total. The summed E-state index contributed by atoms with van der Waals surface area (Å²) in [5.74, 6) is -0.664. The molecule has 0 aliphatic rings. The first-order valence-electron chi connectivity index (χ1n) is 4.59. The number of carbonyl (C=O) groups excluding carboxylic acids is 2. The third-order valence-electron chi connectivity index (χ3n) is 1.86. The number of halogens is 1. The number of hydrogen-bond donors (Lipinski definition) is 1. The maximum absolute atomic E-state index is 11.6. The number of Topliss-reactive ketones (excluding diaryl/α,β-unsaturated/α-hetero) is 1. The number of benzene rings is 1. The van der Waals surface area contributed by atoms with Crippen molar-refractivity contribution in [2.45, 2.75) is 13.0 Å². The zero-order chi connectivity index (χ0) is 11.3. The Labute approximate surface area is 100 Å². The fourth-order valence-electron chi connectivity index (χ4n) is 1.10. The van der Waals surface area contributed by atoms with Crippen LogP contribution >= 0.6 is 12.4 Å². The number of rotatable bonds is 4. The molecule has 0 fully saturated rings. The summed E-state index contributed by atoms with van der Waals surface area (Å²) >= 11 is 0. The maximum Gasteiger partial charge on any atom is 0.302 e. The van der Waals surface area contributed by atoms with Crippen molar-refractivity contribution in [3.8, 4) is 0 Å². The molecule has 1 rings (SSSR count). The average Bonchev–Trinajstić information content (AvgIpc) is 2.26. The first kappa shape index (κ1) is 14.6. The molecule has 5 heteroatoms. The van der Waals surface area contributed by atoms with Crippen molar-refractivity contribution in [1.29, 1.82) is 0 Å². The Morgan fingerprint density at radius 1 is 1.31 bits per heavy atom. The van der Waals surface area contributed by atoms with Crippen LogP contribution in [0, 0.1) is 0 Å². The molecule has 0 spiro atoms. The van der Waals surface area contributed by atoms with E-state index < -0.39 is 12.0 Å². The predicted octanol–water partition coefficient (Wildman–Crippen LogP) is 1.18. The highest BCUT2D eigenvalue weighted by atomic mass is 35.5. The van der Waals surface area contributed by atoms with Crippen LogP contribution in [0.25, 0.3) is 0 Å². The molecule has 0 heterocycles. The quantitative estimate of drug-likeness (QED) is 0.637. The molecule has 0 saturated heterocycles. The van der Waals surface area contributed by atoms with Gasteiger partial charge in [-0.05, 0) is 0 Å². The number of nitrogens with two attached hydrogens (primary N) is 1. The Morgan fingerprint density at radius 3 is 2.38 bits per heavy atom. The molecule has 0 saturated carbocycles. The lowest BCUT2D eigenvalue weighted by Crippen LogP contribution is -2.35. The van der Waals surface area contributed by atoms with Gasteiger partial charge in [-0.2, -0.15) is 0 Å². The van der Waals surface area contributed by atoms with Gasteiger partial charge in [-0.25, -0.2) is 0 Å². The van der Waals surface area contributed by atoms with Gasteiger partial charge in [0.15, 0.2) is 5.78 Å². The highest BCUT2D eigenvalue weighted by Crippen LogP contribution is 2.02. The van der Waals surface area contributed by atoms with E-state index in [0.717, 1.165) is 0 Å². The van der Waals surface area contributed by atoms with Crippen LogP contribution in [-0.2, 0) is 9.53 Å². The minimum atomic E-state index is -0.795. The molecule has 88 valence electrons. The molecular formula is C11H14ClNO3. The molecule has 0 aromatic heterocycles. The Morgan fingerprint density at radius 2 is 1.88 bits per heavy atom. The lowest BCUT2D eigenvalue weighted by Gasteiger charge is -2.09. The van der Waals surface area contributed by atoms with Crippen molar-refractivity contribution >= 4 is 24.2 Å². The molecule has 0 unspecified atom stereocenters. The van der Waals surface area contributed by atoms with Crippen molar-refractivity contribution < 1.29 is 14.3 Å². The number of carbonyl (C=O) groups is 2. The Hall–Kier alpha value is -1.39. The minimum Gasteiger partial charge on any atom is -0.464 e. The summed E-state index contributed by atoms with van der Waals surface area (Å²) in [7, 11) is 0. The summed E-state index contributed by atoms with van der Waals surface area (Å²) in [4.78, 5) is 22.2.